The van der Waals surface area contributed by atoms with Gasteiger partial charge in [0.1, 0.15) is 0 Å². The SMILES string of the molecule is CCCC1CC(N2CCC3(CC2)COC3)C(N)CN1C. The Balaban J connectivity index is 1.58. The minimum absolute atomic E-state index is 0.319. The Morgan fingerprint density at radius 3 is 2.50 bits per heavy atom. The van der Waals surface area contributed by atoms with Crippen molar-refractivity contribution in [2.45, 2.75) is 57.2 Å². The van der Waals surface area contributed by atoms with Crippen molar-refractivity contribution in [2.75, 3.05) is 39.9 Å². The zero-order chi connectivity index (χ0) is 14.2. The lowest BCUT2D eigenvalue weighted by Crippen LogP contribution is -2.62. The second-order valence-corrected chi connectivity index (χ2v) is 7.38. The maximum Gasteiger partial charge on any atom is 0.0545 e. The van der Waals surface area contributed by atoms with Gasteiger partial charge in [0, 0.05) is 30.1 Å². The van der Waals surface area contributed by atoms with Gasteiger partial charge >= 0.3 is 0 Å². The van der Waals surface area contributed by atoms with Gasteiger partial charge < -0.3 is 15.4 Å². The van der Waals surface area contributed by atoms with E-state index in [2.05, 4.69) is 23.8 Å². The highest BCUT2D eigenvalue weighted by atomic mass is 16.5. The molecule has 1 spiro atoms. The van der Waals surface area contributed by atoms with Crippen LogP contribution in [0.2, 0.25) is 0 Å². The van der Waals surface area contributed by atoms with Gasteiger partial charge in [0.15, 0.2) is 0 Å². The van der Waals surface area contributed by atoms with Crippen LogP contribution in [0.4, 0.5) is 0 Å². The standard InChI is InChI=1S/C16H31N3O/c1-3-4-13-9-15(14(17)10-18(13)2)19-7-5-16(6-8-19)11-20-12-16/h13-15H,3-12,17H2,1-2H3. The Morgan fingerprint density at radius 2 is 1.95 bits per heavy atom. The van der Waals surface area contributed by atoms with E-state index in [1.165, 1.54) is 45.2 Å². The van der Waals surface area contributed by atoms with E-state index in [1.807, 2.05) is 0 Å². The molecule has 4 heteroatoms. The lowest BCUT2D eigenvalue weighted by molar-refractivity contribution is -0.145. The number of nitrogens with zero attached hydrogens (tertiary/aromatic N) is 2. The van der Waals surface area contributed by atoms with E-state index in [-0.39, 0.29) is 0 Å². The summed E-state index contributed by atoms with van der Waals surface area (Å²) in [4.78, 5) is 5.17. The van der Waals surface area contributed by atoms with Crippen LogP contribution < -0.4 is 5.73 Å². The van der Waals surface area contributed by atoms with Gasteiger partial charge in [-0.3, -0.25) is 4.90 Å². The number of likely N-dealkylation sites (N-methyl/N-ethyl adjacent to an activating group) is 1. The number of piperidine rings is 2. The number of nitrogens with two attached hydrogens (primary N) is 1. The fourth-order valence-corrected chi connectivity index (χ4v) is 4.34. The van der Waals surface area contributed by atoms with Crippen LogP contribution in [0.15, 0.2) is 0 Å². The summed E-state index contributed by atoms with van der Waals surface area (Å²) < 4.78 is 5.43. The van der Waals surface area contributed by atoms with Crippen LogP contribution in [0.25, 0.3) is 0 Å². The van der Waals surface area contributed by atoms with Crippen molar-refractivity contribution in [2.24, 2.45) is 11.1 Å². The summed E-state index contributed by atoms with van der Waals surface area (Å²) >= 11 is 0. The molecule has 3 aliphatic rings. The summed E-state index contributed by atoms with van der Waals surface area (Å²) in [7, 11) is 2.24. The van der Waals surface area contributed by atoms with Crippen LogP contribution in [0, 0.1) is 5.41 Å². The first-order valence-electron chi connectivity index (χ1n) is 8.41. The average Bonchev–Trinajstić information content (AvgIpc) is 2.40. The van der Waals surface area contributed by atoms with Gasteiger partial charge in [-0.15, -0.1) is 0 Å². The number of ether oxygens (including phenoxy) is 1. The molecule has 0 aliphatic carbocycles. The van der Waals surface area contributed by atoms with E-state index >= 15 is 0 Å². The summed E-state index contributed by atoms with van der Waals surface area (Å²) in [5, 5.41) is 0. The van der Waals surface area contributed by atoms with Gasteiger partial charge in [-0.05, 0) is 45.8 Å². The van der Waals surface area contributed by atoms with E-state index in [1.54, 1.807) is 0 Å². The van der Waals surface area contributed by atoms with Gasteiger partial charge in [0.2, 0.25) is 0 Å². The molecule has 0 radical (unpaired) electrons. The van der Waals surface area contributed by atoms with Crippen molar-refractivity contribution in [1.29, 1.82) is 0 Å². The molecule has 20 heavy (non-hydrogen) atoms. The molecule has 0 aromatic rings. The summed E-state index contributed by atoms with van der Waals surface area (Å²) in [6, 6.07) is 1.65. The molecule has 3 aliphatic heterocycles. The first-order valence-corrected chi connectivity index (χ1v) is 8.41. The molecular weight excluding hydrogens is 250 g/mol. The quantitative estimate of drug-likeness (QED) is 0.847. The van der Waals surface area contributed by atoms with Gasteiger partial charge in [-0.1, -0.05) is 13.3 Å². The van der Waals surface area contributed by atoms with Gasteiger partial charge in [-0.25, -0.2) is 0 Å². The Bertz CT molecular complexity index is 322. The highest BCUT2D eigenvalue weighted by molar-refractivity contribution is 4.98. The van der Waals surface area contributed by atoms with Gasteiger partial charge in [-0.2, -0.15) is 0 Å². The average molecular weight is 281 g/mol. The molecule has 3 atom stereocenters. The van der Waals surface area contributed by atoms with Crippen LogP contribution in [0.3, 0.4) is 0 Å². The first kappa shape index (κ1) is 14.8. The maximum absolute atomic E-state index is 6.46. The summed E-state index contributed by atoms with van der Waals surface area (Å²) in [6.07, 6.45) is 6.47. The van der Waals surface area contributed by atoms with Crippen molar-refractivity contribution in [3.63, 3.8) is 0 Å². The van der Waals surface area contributed by atoms with E-state index in [9.17, 15) is 0 Å². The lowest BCUT2D eigenvalue weighted by Gasteiger charge is -2.52. The fourth-order valence-electron chi connectivity index (χ4n) is 4.34. The molecule has 3 saturated heterocycles. The highest BCUT2D eigenvalue weighted by Crippen LogP contribution is 2.39. The van der Waals surface area contributed by atoms with Crippen LogP contribution in [0.5, 0.6) is 0 Å². The van der Waals surface area contributed by atoms with Crippen LogP contribution in [-0.4, -0.2) is 67.8 Å². The fraction of sp³-hybridized carbons (Fsp3) is 1.00. The maximum atomic E-state index is 6.46. The largest absolute Gasteiger partial charge is 0.380 e. The van der Waals surface area contributed by atoms with Crippen molar-refractivity contribution >= 4 is 0 Å². The number of hydrogen-bond acceptors (Lipinski definition) is 4. The summed E-state index contributed by atoms with van der Waals surface area (Å²) in [6.45, 7) is 7.80. The molecule has 116 valence electrons. The summed E-state index contributed by atoms with van der Waals surface area (Å²) in [5.74, 6) is 0. The second-order valence-electron chi connectivity index (χ2n) is 7.38. The molecule has 3 rings (SSSR count). The normalized spacial score (nSPS) is 38.9. The van der Waals surface area contributed by atoms with Crippen molar-refractivity contribution in [3.8, 4) is 0 Å². The lowest BCUT2D eigenvalue weighted by atomic mass is 9.76. The van der Waals surface area contributed by atoms with E-state index in [0.29, 0.717) is 17.5 Å². The third kappa shape index (κ3) is 2.76. The van der Waals surface area contributed by atoms with E-state index in [0.717, 1.165) is 25.8 Å². The molecule has 0 saturated carbocycles. The zero-order valence-electron chi connectivity index (χ0n) is 13.2. The Hall–Kier alpha value is -0.160. The topological polar surface area (TPSA) is 41.7 Å². The zero-order valence-corrected chi connectivity index (χ0v) is 13.2. The Morgan fingerprint density at radius 1 is 1.25 bits per heavy atom. The second kappa shape index (κ2) is 5.91. The first-order chi connectivity index (χ1) is 9.63. The van der Waals surface area contributed by atoms with E-state index < -0.39 is 0 Å². The molecule has 3 fully saturated rings. The van der Waals surface area contributed by atoms with Crippen molar-refractivity contribution in [1.82, 2.24) is 9.80 Å². The molecule has 0 aromatic carbocycles. The van der Waals surface area contributed by atoms with Gasteiger partial charge in [0.25, 0.3) is 0 Å². The van der Waals surface area contributed by atoms with Crippen LogP contribution in [0.1, 0.15) is 39.0 Å². The molecule has 3 unspecified atom stereocenters. The van der Waals surface area contributed by atoms with Crippen LogP contribution >= 0.6 is 0 Å². The third-order valence-electron chi connectivity index (χ3n) is 5.90. The minimum Gasteiger partial charge on any atom is -0.380 e. The number of rotatable bonds is 3. The van der Waals surface area contributed by atoms with Crippen molar-refractivity contribution < 1.29 is 4.74 Å². The summed E-state index contributed by atoms with van der Waals surface area (Å²) in [5.41, 5.74) is 7.00. The van der Waals surface area contributed by atoms with E-state index in [4.69, 9.17) is 10.5 Å². The molecule has 0 aromatic heterocycles. The molecule has 0 bridgehead atoms. The smallest absolute Gasteiger partial charge is 0.0545 e. The van der Waals surface area contributed by atoms with Crippen molar-refractivity contribution in [3.05, 3.63) is 0 Å². The number of likely N-dealkylation sites (tertiary alicyclic amines) is 2. The Kier molecular flexibility index (Phi) is 4.37. The highest BCUT2D eigenvalue weighted by Gasteiger charge is 2.44. The third-order valence-corrected chi connectivity index (χ3v) is 5.90. The molecule has 4 nitrogen and oxygen atoms in total. The number of hydrogen-bond donors (Lipinski definition) is 1. The molecular formula is C16H31N3O. The predicted octanol–water partition coefficient (Wildman–Crippen LogP) is 1.30. The monoisotopic (exact) mass is 281 g/mol. The minimum atomic E-state index is 0.319. The molecule has 2 N–H and O–H groups in total. The molecule has 0 amide bonds. The van der Waals surface area contributed by atoms with Gasteiger partial charge in [0.05, 0.1) is 13.2 Å². The Labute approximate surface area is 123 Å². The van der Waals surface area contributed by atoms with Crippen LogP contribution in [-0.2, 0) is 4.74 Å². The predicted molar refractivity (Wildman–Crippen MR) is 81.8 cm³/mol. The molecule has 3 heterocycles.